The molecule has 0 amide bonds. The van der Waals surface area contributed by atoms with Gasteiger partial charge in [-0.05, 0) is 5.56 Å². The lowest BCUT2D eigenvalue weighted by molar-refractivity contribution is 1.26. The van der Waals surface area contributed by atoms with E-state index < -0.39 is 0 Å². The summed E-state index contributed by atoms with van der Waals surface area (Å²) in [7, 11) is 0. The Bertz CT molecular complexity index is 196. The van der Waals surface area contributed by atoms with Crippen LogP contribution in [0.1, 0.15) is 5.56 Å². The molecular weight excluding hydrogens is 170 g/mol. The van der Waals surface area contributed by atoms with Crippen LogP contribution < -0.4 is 5.73 Å². The average Bonchev–Trinajstić information content (AvgIpc) is 2.19. The maximum atomic E-state index is 5.53. The van der Waals surface area contributed by atoms with E-state index >= 15 is 0 Å². The Labute approximate surface area is 78.9 Å². The van der Waals surface area contributed by atoms with E-state index in [1.807, 2.05) is 30.3 Å². The molecule has 0 bridgehead atoms. The molecule has 0 spiro atoms. The Morgan fingerprint density at radius 2 is 1.83 bits per heavy atom. The normalized spacial score (nSPS) is 8.17. The first-order chi connectivity index (χ1) is 5.85. The molecule has 0 aliphatic heterocycles. The first-order valence-corrected chi connectivity index (χ1v) is 4.29. The van der Waals surface area contributed by atoms with Gasteiger partial charge in [-0.2, -0.15) is 0 Å². The molecule has 0 aliphatic rings. The predicted octanol–water partition coefficient (Wildman–Crippen LogP) is 2.56. The van der Waals surface area contributed by atoms with Crippen molar-refractivity contribution in [3.05, 3.63) is 48.6 Å². The maximum absolute atomic E-state index is 5.53. The predicted molar refractivity (Wildman–Crippen MR) is 55.3 cm³/mol. The Balaban J connectivity index is 0.000000261. The van der Waals surface area contributed by atoms with Gasteiger partial charge in [0.05, 0.1) is 0 Å². The van der Waals surface area contributed by atoms with Crippen molar-refractivity contribution in [3.8, 4) is 0 Å². The molecule has 1 aromatic carbocycles. The van der Waals surface area contributed by atoms with E-state index in [0.29, 0.717) is 12.4 Å². The van der Waals surface area contributed by atoms with Crippen molar-refractivity contribution in [2.24, 2.45) is 5.73 Å². The maximum Gasteiger partial charge on any atom is 0.0474 e. The van der Waals surface area contributed by atoms with Crippen LogP contribution in [-0.2, 0) is 5.88 Å². The Hall–Kier alpha value is -0.790. The van der Waals surface area contributed by atoms with E-state index in [1.54, 1.807) is 6.08 Å². The minimum Gasteiger partial charge on any atom is -0.327 e. The van der Waals surface area contributed by atoms with Gasteiger partial charge in [-0.25, -0.2) is 0 Å². The van der Waals surface area contributed by atoms with Crippen LogP contribution in [0.25, 0.3) is 0 Å². The van der Waals surface area contributed by atoms with E-state index in [2.05, 4.69) is 6.58 Å². The van der Waals surface area contributed by atoms with Gasteiger partial charge < -0.3 is 5.73 Å². The van der Waals surface area contributed by atoms with Gasteiger partial charge in [0, 0.05) is 12.4 Å². The van der Waals surface area contributed by atoms with Gasteiger partial charge in [0.1, 0.15) is 0 Å². The zero-order valence-electron chi connectivity index (χ0n) is 7.04. The van der Waals surface area contributed by atoms with Gasteiger partial charge in [-0.15, -0.1) is 18.2 Å². The molecular formula is C10H14ClN. The Morgan fingerprint density at radius 1 is 1.33 bits per heavy atom. The highest BCUT2D eigenvalue weighted by Gasteiger charge is 1.81. The van der Waals surface area contributed by atoms with Crippen LogP contribution in [0.3, 0.4) is 0 Å². The lowest BCUT2D eigenvalue weighted by Gasteiger charge is -1.88. The van der Waals surface area contributed by atoms with Crippen molar-refractivity contribution < 1.29 is 0 Å². The van der Waals surface area contributed by atoms with Crippen molar-refractivity contribution in [2.45, 2.75) is 5.88 Å². The summed E-state index contributed by atoms with van der Waals surface area (Å²) in [6.45, 7) is 3.94. The number of alkyl halides is 1. The zero-order valence-corrected chi connectivity index (χ0v) is 7.80. The molecule has 0 radical (unpaired) electrons. The Morgan fingerprint density at radius 3 is 2.08 bits per heavy atom. The van der Waals surface area contributed by atoms with E-state index in [-0.39, 0.29) is 0 Å². The minimum absolute atomic E-state index is 0.583. The highest BCUT2D eigenvalue weighted by atomic mass is 35.5. The van der Waals surface area contributed by atoms with Crippen LogP contribution in [0.2, 0.25) is 0 Å². The fraction of sp³-hybridized carbons (Fsp3) is 0.200. The van der Waals surface area contributed by atoms with Crippen LogP contribution in [0.5, 0.6) is 0 Å². The van der Waals surface area contributed by atoms with Gasteiger partial charge in [-0.3, -0.25) is 0 Å². The molecule has 0 aromatic heterocycles. The number of hydrogen-bond donors (Lipinski definition) is 1. The van der Waals surface area contributed by atoms with Gasteiger partial charge in [-0.1, -0.05) is 36.4 Å². The third-order valence-electron chi connectivity index (χ3n) is 1.16. The van der Waals surface area contributed by atoms with Crippen LogP contribution in [0, 0.1) is 0 Å². The van der Waals surface area contributed by atoms with Gasteiger partial charge >= 0.3 is 0 Å². The zero-order chi connectivity index (χ0) is 9.23. The second kappa shape index (κ2) is 8.31. The van der Waals surface area contributed by atoms with Crippen molar-refractivity contribution in [2.75, 3.05) is 6.54 Å². The summed E-state index contributed by atoms with van der Waals surface area (Å²) < 4.78 is 0. The molecule has 12 heavy (non-hydrogen) atoms. The molecule has 2 heteroatoms. The first kappa shape index (κ1) is 11.2. The standard InChI is InChI=1S/C7H7Cl.C3H7N/c8-6-7-4-2-1-3-5-7;1-2-3-4/h1-5H,6H2;2H,1,3-4H2. The topological polar surface area (TPSA) is 26.0 Å². The largest absolute Gasteiger partial charge is 0.327 e. The highest BCUT2D eigenvalue weighted by Crippen LogP contribution is 2.00. The number of halogens is 1. The van der Waals surface area contributed by atoms with Crippen molar-refractivity contribution >= 4 is 11.6 Å². The number of nitrogens with two attached hydrogens (primary N) is 1. The number of benzene rings is 1. The summed E-state index contributed by atoms with van der Waals surface area (Å²) in [5.41, 5.74) is 6.08. The van der Waals surface area contributed by atoms with E-state index in [9.17, 15) is 0 Å². The molecule has 0 fully saturated rings. The lowest BCUT2D eigenvalue weighted by atomic mass is 10.2. The molecule has 0 unspecified atom stereocenters. The quantitative estimate of drug-likeness (QED) is 0.554. The fourth-order valence-corrected chi connectivity index (χ4v) is 0.745. The highest BCUT2D eigenvalue weighted by molar-refractivity contribution is 6.17. The number of hydrogen-bond acceptors (Lipinski definition) is 1. The fourth-order valence-electron chi connectivity index (χ4n) is 0.567. The van der Waals surface area contributed by atoms with Crippen LogP contribution in [-0.4, -0.2) is 6.54 Å². The molecule has 1 nitrogen and oxygen atoms in total. The lowest BCUT2D eigenvalue weighted by Crippen LogP contribution is -1.90. The van der Waals surface area contributed by atoms with Crippen molar-refractivity contribution in [3.63, 3.8) is 0 Å². The molecule has 0 saturated heterocycles. The molecule has 0 atom stereocenters. The summed E-state index contributed by atoms with van der Waals surface area (Å²) in [4.78, 5) is 0. The first-order valence-electron chi connectivity index (χ1n) is 3.76. The second-order valence-electron chi connectivity index (χ2n) is 2.14. The van der Waals surface area contributed by atoms with Crippen molar-refractivity contribution in [1.82, 2.24) is 0 Å². The number of rotatable bonds is 2. The van der Waals surface area contributed by atoms with E-state index in [4.69, 9.17) is 17.3 Å². The van der Waals surface area contributed by atoms with Gasteiger partial charge in [0.25, 0.3) is 0 Å². The van der Waals surface area contributed by atoms with E-state index in [1.165, 1.54) is 5.56 Å². The monoisotopic (exact) mass is 183 g/mol. The molecule has 0 saturated carbocycles. The van der Waals surface area contributed by atoms with Gasteiger partial charge in [0.15, 0.2) is 0 Å². The summed E-state index contributed by atoms with van der Waals surface area (Å²) in [5.74, 6) is 0.612. The van der Waals surface area contributed by atoms with E-state index in [0.717, 1.165) is 0 Å². The summed E-state index contributed by atoms with van der Waals surface area (Å²) in [6, 6.07) is 9.96. The van der Waals surface area contributed by atoms with Crippen LogP contribution >= 0.6 is 11.6 Å². The molecule has 2 N–H and O–H groups in total. The molecule has 1 aromatic rings. The van der Waals surface area contributed by atoms with Gasteiger partial charge in [0.2, 0.25) is 0 Å². The summed E-state index contributed by atoms with van der Waals surface area (Å²) in [5, 5.41) is 0. The SMILES string of the molecule is C=CCN.ClCc1ccccc1. The smallest absolute Gasteiger partial charge is 0.0474 e. The molecule has 66 valence electrons. The molecule has 0 heterocycles. The summed E-state index contributed by atoms with van der Waals surface area (Å²) in [6.07, 6.45) is 1.65. The Kier molecular flexibility index (Phi) is 7.76. The molecule has 1 rings (SSSR count). The third-order valence-corrected chi connectivity index (χ3v) is 1.47. The van der Waals surface area contributed by atoms with Crippen LogP contribution in [0.15, 0.2) is 43.0 Å². The molecule has 0 aliphatic carbocycles. The average molecular weight is 184 g/mol. The minimum atomic E-state index is 0.583. The van der Waals surface area contributed by atoms with Crippen molar-refractivity contribution in [1.29, 1.82) is 0 Å². The second-order valence-corrected chi connectivity index (χ2v) is 2.41. The van der Waals surface area contributed by atoms with Crippen LogP contribution in [0.4, 0.5) is 0 Å². The summed E-state index contributed by atoms with van der Waals surface area (Å²) >= 11 is 5.53. The third kappa shape index (κ3) is 5.96.